The van der Waals surface area contributed by atoms with Crippen LogP contribution in [0.2, 0.25) is 0 Å². The van der Waals surface area contributed by atoms with Crippen molar-refractivity contribution in [3.8, 4) is 0 Å². The molecule has 0 atom stereocenters. The third kappa shape index (κ3) is 2.71. The number of aryl methyl sites for hydroxylation is 2. The highest BCUT2D eigenvalue weighted by molar-refractivity contribution is 6.17. The first kappa shape index (κ1) is 13.8. The first-order chi connectivity index (χ1) is 9.06. The highest BCUT2D eigenvalue weighted by Crippen LogP contribution is 2.21. The maximum Gasteiger partial charge on any atom is 0.239 e. The van der Waals surface area contributed by atoms with E-state index in [1.807, 2.05) is 0 Å². The second-order valence-corrected chi connectivity index (χ2v) is 4.69. The van der Waals surface area contributed by atoms with Gasteiger partial charge < -0.3 is 9.88 Å². The molecule has 0 aliphatic carbocycles. The summed E-state index contributed by atoms with van der Waals surface area (Å²) in [5, 5.41) is 2.57. The number of amides is 1. The Kier molecular flexibility index (Phi) is 4.04. The first-order valence-electron chi connectivity index (χ1n) is 5.98. The van der Waals surface area contributed by atoms with Gasteiger partial charge in [0.15, 0.2) is 0 Å². The van der Waals surface area contributed by atoms with E-state index >= 15 is 0 Å². The number of nitrogens with zero attached hydrogens (tertiary/aromatic N) is 2. The van der Waals surface area contributed by atoms with E-state index in [0.29, 0.717) is 29.2 Å². The van der Waals surface area contributed by atoms with E-state index in [0.717, 1.165) is 5.52 Å². The van der Waals surface area contributed by atoms with Gasteiger partial charge in [-0.3, -0.25) is 4.79 Å². The summed E-state index contributed by atoms with van der Waals surface area (Å²) in [5.74, 6) is 0.670. The Hall–Kier alpha value is -1.62. The number of imidazole rings is 1. The van der Waals surface area contributed by atoms with Crippen LogP contribution in [0.15, 0.2) is 12.1 Å². The van der Waals surface area contributed by atoms with Crippen LogP contribution in [0.3, 0.4) is 0 Å². The minimum Gasteiger partial charge on any atom is -0.358 e. The fourth-order valence-corrected chi connectivity index (χ4v) is 2.14. The van der Waals surface area contributed by atoms with Crippen LogP contribution in [0.1, 0.15) is 11.4 Å². The van der Waals surface area contributed by atoms with Gasteiger partial charge in [0.25, 0.3) is 0 Å². The normalized spacial score (nSPS) is 10.9. The monoisotopic (exact) mass is 283 g/mol. The number of hydrogen-bond acceptors (Lipinski definition) is 2. The van der Waals surface area contributed by atoms with Crippen LogP contribution in [0.25, 0.3) is 11.0 Å². The molecule has 0 saturated heterocycles. The molecule has 1 aromatic heterocycles. The molecule has 0 radical (unpaired) electrons. The lowest BCUT2D eigenvalue weighted by atomic mass is 10.2. The Balaban J connectivity index is 2.58. The summed E-state index contributed by atoms with van der Waals surface area (Å²) in [5.41, 5.74) is 1.83. The van der Waals surface area contributed by atoms with E-state index in [1.165, 1.54) is 6.07 Å². The Morgan fingerprint density at radius 1 is 1.53 bits per heavy atom. The molecule has 0 saturated carbocycles. The van der Waals surface area contributed by atoms with Crippen molar-refractivity contribution >= 4 is 28.5 Å². The van der Waals surface area contributed by atoms with Crippen LogP contribution in [0.4, 0.5) is 4.39 Å². The van der Waals surface area contributed by atoms with Crippen LogP contribution in [0.5, 0.6) is 0 Å². The van der Waals surface area contributed by atoms with Gasteiger partial charge in [-0.2, -0.15) is 0 Å². The summed E-state index contributed by atoms with van der Waals surface area (Å²) in [6, 6.07) is 3.10. The fourth-order valence-electron chi connectivity index (χ4n) is 1.97. The van der Waals surface area contributed by atoms with Crippen molar-refractivity contribution in [1.29, 1.82) is 0 Å². The number of carbonyl (C=O) groups excluding carboxylic acids is 1. The van der Waals surface area contributed by atoms with Gasteiger partial charge in [-0.1, -0.05) is 0 Å². The Morgan fingerprint density at radius 2 is 2.26 bits per heavy atom. The van der Waals surface area contributed by atoms with Crippen molar-refractivity contribution in [2.24, 2.45) is 0 Å². The number of alkyl halides is 1. The number of nitrogens with one attached hydrogen (secondary N) is 1. The summed E-state index contributed by atoms with van der Waals surface area (Å²) in [4.78, 5) is 15.9. The average Bonchev–Trinajstić information content (AvgIpc) is 2.68. The molecule has 1 amide bonds. The number of fused-ring (bicyclic) bond motifs is 1. The predicted octanol–water partition coefficient (Wildman–Crippen LogP) is 2.01. The number of halogens is 2. The van der Waals surface area contributed by atoms with Crippen molar-refractivity contribution < 1.29 is 9.18 Å². The molecule has 2 aromatic rings. The summed E-state index contributed by atoms with van der Waals surface area (Å²) in [6.07, 6.45) is 0.536. The minimum absolute atomic E-state index is 0.128. The van der Waals surface area contributed by atoms with Crippen LogP contribution >= 0.6 is 11.6 Å². The quantitative estimate of drug-likeness (QED) is 0.873. The molecule has 0 aliphatic rings. The molecule has 1 heterocycles. The Labute approximate surface area is 115 Å². The van der Waals surface area contributed by atoms with Crippen molar-refractivity contribution in [2.75, 3.05) is 12.9 Å². The number of carbonyl (C=O) groups is 1. The molecule has 0 bridgehead atoms. The molecular formula is C13H15ClFN3O. The number of hydrogen-bond donors (Lipinski definition) is 1. The highest BCUT2D eigenvalue weighted by atomic mass is 35.5. The van der Waals surface area contributed by atoms with Crippen LogP contribution < -0.4 is 5.32 Å². The molecule has 2 rings (SSSR count). The predicted molar refractivity (Wildman–Crippen MR) is 72.9 cm³/mol. The number of likely N-dealkylation sites (N-methyl/N-ethyl adjacent to an activating group) is 1. The van der Waals surface area contributed by atoms with Gasteiger partial charge in [0.2, 0.25) is 5.91 Å². The van der Waals surface area contributed by atoms with Gasteiger partial charge in [0.05, 0.1) is 11.0 Å². The topological polar surface area (TPSA) is 46.9 Å². The van der Waals surface area contributed by atoms with E-state index in [-0.39, 0.29) is 18.3 Å². The largest absolute Gasteiger partial charge is 0.358 e. The molecule has 4 nitrogen and oxygen atoms in total. The van der Waals surface area contributed by atoms with Crippen molar-refractivity contribution in [1.82, 2.24) is 14.9 Å². The Bertz CT molecular complexity index is 624. The van der Waals surface area contributed by atoms with Gasteiger partial charge in [0, 0.05) is 25.4 Å². The zero-order valence-corrected chi connectivity index (χ0v) is 11.6. The number of rotatable bonds is 4. The van der Waals surface area contributed by atoms with Gasteiger partial charge in [-0.25, -0.2) is 9.37 Å². The van der Waals surface area contributed by atoms with Gasteiger partial charge in [-0.05, 0) is 18.6 Å². The standard InChI is InChI=1S/C13H15ClFN3O/c1-8-5-11-10(6-9(8)15)17-12(3-4-14)18(11)7-13(19)16-2/h5-6H,3-4,7H2,1-2H3,(H,16,19). The lowest BCUT2D eigenvalue weighted by Crippen LogP contribution is -2.24. The molecule has 1 aromatic carbocycles. The van der Waals surface area contributed by atoms with Crippen molar-refractivity contribution in [2.45, 2.75) is 19.9 Å². The first-order valence-corrected chi connectivity index (χ1v) is 6.52. The zero-order chi connectivity index (χ0) is 14.0. The van der Waals surface area contributed by atoms with Crippen LogP contribution in [0, 0.1) is 12.7 Å². The summed E-state index contributed by atoms with van der Waals surface area (Å²) < 4.78 is 15.3. The maximum atomic E-state index is 13.5. The van der Waals surface area contributed by atoms with Gasteiger partial charge >= 0.3 is 0 Å². The summed E-state index contributed by atoms with van der Waals surface area (Å²) in [6.45, 7) is 1.84. The van der Waals surface area contributed by atoms with E-state index < -0.39 is 0 Å². The van der Waals surface area contributed by atoms with Crippen molar-refractivity contribution in [3.63, 3.8) is 0 Å². The number of benzene rings is 1. The van der Waals surface area contributed by atoms with Gasteiger partial charge in [0.1, 0.15) is 18.2 Å². The Morgan fingerprint density at radius 3 is 2.89 bits per heavy atom. The third-order valence-electron chi connectivity index (χ3n) is 3.01. The molecule has 0 unspecified atom stereocenters. The molecule has 19 heavy (non-hydrogen) atoms. The molecule has 0 aliphatic heterocycles. The van der Waals surface area contributed by atoms with Gasteiger partial charge in [-0.15, -0.1) is 11.6 Å². The van der Waals surface area contributed by atoms with E-state index in [1.54, 1.807) is 24.6 Å². The SMILES string of the molecule is CNC(=O)Cn1c(CCCl)nc2cc(F)c(C)cc21. The summed E-state index contributed by atoms with van der Waals surface area (Å²) >= 11 is 5.74. The molecular weight excluding hydrogens is 269 g/mol. The molecule has 0 spiro atoms. The van der Waals surface area contributed by atoms with Crippen molar-refractivity contribution in [3.05, 3.63) is 29.3 Å². The average molecular weight is 284 g/mol. The third-order valence-corrected chi connectivity index (χ3v) is 3.20. The van der Waals surface area contributed by atoms with E-state index in [4.69, 9.17) is 11.6 Å². The lowest BCUT2D eigenvalue weighted by molar-refractivity contribution is -0.121. The van der Waals surface area contributed by atoms with Crippen LogP contribution in [-0.4, -0.2) is 28.4 Å². The second-order valence-electron chi connectivity index (χ2n) is 4.32. The number of aromatic nitrogens is 2. The fraction of sp³-hybridized carbons (Fsp3) is 0.385. The minimum atomic E-state index is -0.297. The maximum absolute atomic E-state index is 13.5. The zero-order valence-electron chi connectivity index (χ0n) is 10.8. The molecule has 6 heteroatoms. The summed E-state index contributed by atoms with van der Waals surface area (Å²) in [7, 11) is 1.58. The lowest BCUT2D eigenvalue weighted by Gasteiger charge is -2.07. The smallest absolute Gasteiger partial charge is 0.239 e. The van der Waals surface area contributed by atoms with E-state index in [2.05, 4.69) is 10.3 Å². The van der Waals surface area contributed by atoms with Crippen LogP contribution in [-0.2, 0) is 17.8 Å². The molecule has 1 N–H and O–H groups in total. The van der Waals surface area contributed by atoms with E-state index in [9.17, 15) is 9.18 Å². The highest BCUT2D eigenvalue weighted by Gasteiger charge is 2.14. The second kappa shape index (κ2) is 5.57. The molecule has 102 valence electrons. The molecule has 0 fully saturated rings.